The molecule has 2 aliphatic heterocycles. The second kappa shape index (κ2) is 8.24. The lowest BCUT2D eigenvalue weighted by molar-refractivity contribution is 0.241. The largest absolute Gasteiger partial charge is 0.353 e. The average Bonchev–Trinajstić information content (AvgIpc) is 3.45. The van der Waals surface area contributed by atoms with Crippen molar-refractivity contribution < 1.29 is 0 Å². The normalized spacial score (nSPS) is 18.7. The Hall–Kier alpha value is -2.03. The fraction of sp³-hybridized carbons (Fsp3) is 0.591. The zero-order valence-corrected chi connectivity index (χ0v) is 19.1. The molecule has 2 fully saturated rings. The minimum absolute atomic E-state index is 0.873. The fourth-order valence-electron chi connectivity index (χ4n) is 4.58. The number of aryl methyl sites for hydroxylation is 3. The van der Waals surface area contributed by atoms with E-state index >= 15 is 0 Å². The monoisotopic (exact) mass is 425 g/mol. The third-order valence-electron chi connectivity index (χ3n) is 6.58. The first-order chi connectivity index (χ1) is 14.6. The number of anilines is 1. The maximum Gasteiger partial charge on any atom is 0.146 e. The van der Waals surface area contributed by atoms with Crippen molar-refractivity contribution in [3.8, 4) is 0 Å². The Morgan fingerprint density at radius 1 is 0.933 bits per heavy atom. The summed E-state index contributed by atoms with van der Waals surface area (Å²) in [6, 6.07) is 0. The number of nitrogens with zero attached hydrogens (tertiary/aromatic N) is 7. The summed E-state index contributed by atoms with van der Waals surface area (Å²) in [5.41, 5.74) is 1.34. The highest BCUT2D eigenvalue weighted by atomic mass is 32.1. The van der Waals surface area contributed by atoms with Gasteiger partial charge in [-0.2, -0.15) is 0 Å². The summed E-state index contributed by atoms with van der Waals surface area (Å²) in [4.78, 5) is 24.5. The van der Waals surface area contributed by atoms with E-state index in [1.165, 1.54) is 41.8 Å². The van der Waals surface area contributed by atoms with E-state index in [9.17, 15) is 0 Å². The molecule has 0 aliphatic carbocycles. The van der Waals surface area contributed by atoms with Gasteiger partial charge in [0.25, 0.3) is 0 Å². The topological polar surface area (TPSA) is 53.3 Å². The maximum atomic E-state index is 5.12. The lowest BCUT2D eigenvalue weighted by Crippen LogP contribution is -2.46. The molecule has 0 spiro atoms. The molecule has 2 aliphatic rings. The predicted octanol–water partition coefficient (Wildman–Crippen LogP) is 2.96. The third kappa shape index (κ3) is 3.84. The van der Waals surface area contributed by atoms with Gasteiger partial charge >= 0.3 is 0 Å². The number of piperazine rings is 1. The molecule has 7 nitrogen and oxygen atoms in total. The average molecular weight is 426 g/mol. The van der Waals surface area contributed by atoms with Gasteiger partial charge in [-0.15, -0.1) is 11.3 Å². The lowest BCUT2D eigenvalue weighted by atomic mass is 10.2. The Labute approximate surface area is 182 Å². The van der Waals surface area contributed by atoms with Crippen molar-refractivity contribution in [3.05, 3.63) is 34.5 Å². The highest BCUT2D eigenvalue weighted by Gasteiger charge is 2.24. The Morgan fingerprint density at radius 2 is 1.67 bits per heavy atom. The summed E-state index contributed by atoms with van der Waals surface area (Å²) in [7, 11) is 2.07. The molecule has 160 valence electrons. The molecule has 0 N–H and O–H groups in total. The number of imidazole rings is 1. The third-order valence-corrected chi connectivity index (χ3v) is 7.68. The summed E-state index contributed by atoms with van der Waals surface area (Å²) in [6.07, 6.45) is 6.49. The van der Waals surface area contributed by atoms with Crippen molar-refractivity contribution in [2.75, 3.05) is 44.2 Å². The maximum absolute atomic E-state index is 5.12. The van der Waals surface area contributed by atoms with Crippen LogP contribution < -0.4 is 4.90 Å². The van der Waals surface area contributed by atoms with Crippen LogP contribution in [0.25, 0.3) is 10.2 Å². The van der Waals surface area contributed by atoms with E-state index in [4.69, 9.17) is 9.97 Å². The van der Waals surface area contributed by atoms with Gasteiger partial charge in [-0.1, -0.05) is 0 Å². The van der Waals surface area contributed by atoms with Crippen LogP contribution in [0.4, 0.5) is 5.82 Å². The van der Waals surface area contributed by atoms with Gasteiger partial charge in [-0.3, -0.25) is 9.80 Å². The number of hydrogen-bond acceptors (Lipinski definition) is 7. The summed E-state index contributed by atoms with van der Waals surface area (Å²) in [5.74, 6) is 3.26. The van der Waals surface area contributed by atoms with Crippen molar-refractivity contribution >= 4 is 27.4 Å². The van der Waals surface area contributed by atoms with Crippen LogP contribution in [0.5, 0.6) is 0 Å². The molecule has 3 aromatic rings. The summed E-state index contributed by atoms with van der Waals surface area (Å²) in [5, 5.41) is 1.26. The molecular weight excluding hydrogens is 394 g/mol. The van der Waals surface area contributed by atoms with Crippen LogP contribution in [0.2, 0.25) is 0 Å². The van der Waals surface area contributed by atoms with Crippen LogP contribution in [0.3, 0.4) is 0 Å². The number of aromatic nitrogens is 4. The second-order valence-corrected chi connectivity index (χ2v) is 9.83. The van der Waals surface area contributed by atoms with Crippen LogP contribution in [0.1, 0.15) is 34.9 Å². The molecule has 0 aromatic carbocycles. The zero-order valence-electron chi connectivity index (χ0n) is 18.3. The van der Waals surface area contributed by atoms with Crippen molar-refractivity contribution in [2.45, 2.75) is 39.8 Å². The first-order valence-electron chi connectivity index (χ1n) is 11.0. The zero-order chi connectivity index (χ0) is 20.7. The van der Waals surface area contributed by atoms with E-state index in [1.807, 2.05) is 23.7 Å². The van der Waals surface area contributed by atoms with Gasteiger partial charge in [0, 0.05) is 50.5 Å². The number of hydrogen-bond donors (Lipinski definition) is 0. The molecule has 0 unspecified atom stereocenters. The Kier molecular flexibility index (Phi) is 5.47. The van der Waals surface area contributed by atoms with Crippen LogP contribution >= 0.6 is 11.3 Å². The number of fused-ring (bicyclic) bond motifs is 1. The van der Waals surface area contributed by atoms with E-state index in [2.05, 4.69) is 45.1 Å². The van der Waals surface area contributed by atoms with Crippen LogP contribution in [0, 0.1) is 13.8 Å². The van der Waals surface area contributed by atoms with E-state index in [-0.39, 0.29) is 0 Å². The molecule has 5 rings (SSSR count). The molecule has 0 bridgehead atoms. The highest BCUT2D eigenvalue weighted by Crippen LogP contribution is 2.35. The highest BCUT2D eigenvalue weighted by molar-refractivity contribution is 7.18. The molecular formula is C22H31N7S. The first kappa shape index (κ1) is 19.9. The Morgan fingerprint density at radius 3 is 2.37 bits per heavy atom. The molecule has 8 heteroatoms. The van der Waals surface area contributed by atoms with Gasteiger partial charge in [0.1, 0.15) is 22.3 Å². The second-order valence-electron chi connectivity index (χ2n) is 8.63. The Balaban J connectivity index is 1.38. The molecule has 0 saturated carbocycles. The minimum Gasteiger partial charge on any atom is -0.353 e. The molecule has 0 atom stereocenters. The molecule has 3 aromatic heterocycles. The van der Waals surface area contributed by atoms with Crippen molar-refractivity contribution in [3.63, 3.8) is 0 Å². The van der Waals surface area contributed by atoms with Gasteiger partial charge in [0.05, 0.1) is 18.5 Å². The van der Waals surface area contributed by atoms with E-state index in [0.29, 0.717) is 0 Å². The molecule has 0 amide bonds. The summed E-state index contributed by atoms with van der Waals surface area (Å²) in [6.45, 7) is 12.6. The van der Waals surface area contributed by atoms with Crippen molar-refractivity contribution in [1.29, 1.82) is 0 Å². The van der Waals surface area contributed by atoms with Crippen molar-refractivity contribution in [2.24, 2.45) is 7.05 Å². The van der Waals surface area contributed by atoms with Crippen LogP contribution in [-0.4, -0.2) is 68.6 Å². The fourth-order valence-corrected chi connectivity index (χ4v) is 5.62. The molecule has 0 radical (unpaired) electrons. The molecule has 5 heterocycles. The van der Waals surface area contributed by atoms with Crippen molar-refractivity contribution in [1.82, 2.24) is 29.3 Å². The smallest absolute Gasteiger partial charge is 0.146 e. The number of rotatable bonds is 5. The van der Waals surface area contributed by atoms with Crippen LogP contribution in [-0.2, 0) is 20.1 Å². The standard InChI is InChI=1S/C22H31N7S/c1-16-17(2)30-22-20(16)21(24-18(25-22)14-27-7-4-5-8-27)29-12-10-28(11-13-29)15-19-23-6-9-26(19)3/h6,9H,4-5,7-8,10-15H2,1-3H3. The number of thiophene rings is 1. The van der Waals surface area contributed by atoms with Crippen LogP contribution in [0.15, 0.2) is 12.4 Å². The first-order valence-corrected chi connectivity index (χ1v) is 11.8. The minimum atomic E-state index is 0.873. The summed E-state index contributed by atoms with van der Waals surface area (Å²) < 4.78 is 2.11. The van der Waals surface area contributed by atoms with Gasteiger partial charge < -0.3 is 9.47 Å². The van der Waals surface area contributed by atoms with E-state index in [0.717, 1.165) is 61.6 Å². The Bertz CT molecular complexity index is 1030. The molecule has 30 heavy (non-hydrogen) atoms. The molecule has 2 saturated heterocycles. The summed E-state index contributed by atoms with van der Waals surface area (Å²) >= 11 is 1.82. The van der Waals surface area contributed by atoms with Gasteiger partial charge in [0.2, 0.25) is 0 Å². The SMILES string of the molecule is Cc1sc2nc(CN3CCCC3)nc(N3CCN(Cc4nccn4C)CC3)c2c1C. The van der Waals surface area contributed by atoms with E-state index < -0.39 is 0 Å². The lowest BCUT2D eigenvalue weighted by Gasteiger charge is -2.35. The van der Waals surface area contributed by atoms with Gasteiger partial charge in [-0.05, 0) is 45.3 Å². The van der Waals surface area contributed by atoms with E-state index in [1.54, 1.807) is 0 Å². The van der Waals surface area contributed by atoms with Gasteiger partial charge in [0.15, 0.2) is 0 Å². The number of likely N-dealkylation sites (tertiary alicyclic amines) is 1. The predicted molar refractivity (Wildman–Crippen MR) is 122 cm³/mol. The quantitative estimate of drug-likeness (QED) is 0.627. The van der Waals surface area contributed by atoms with Gasteiger partial charge in [-0.25, -0.2) is 15.0 Å².